The van der Waals surface area contributed by atoms with E-state index in [4.69, 9.17) is 8.83 Å². The van der Waals surface area contributed by atoms with E-state index < -0.39 is 5.41 Å². The Hall–Kier alpha value is -9.96. The van der Waals surface area contributed by atoms with Crippen molar-refractivity contribution in [1.29, 1.82) is 0 Å². The van der Waals surface area contributed by atoms with E-state index in [0.717, 1.165) is 88.8 Å². The summed E-state index contributed by atoms with van der Waals surface area (Å²) in [5.41, 5.74) is 22.8. The second kappa shape index (κ2) is 17.6. The maximum Gasteiger partial charge on any atom is 0.143 e. The van der Waals surface area contributed by atoms with Gasteiger partial charge in [-0.05, 0) is 121 Å². The van der Waals surface area contributed by atoms with Crippen LogP contribution in [0.25, 0.3) is 99.5 Å². The van der Waals surface area contributed by atoms with E-state index >= 15 is 0 Å². The van der Waals surface area contributed by atoms with Crippen molar-refractivity contribution in [3.05, 3.63) is 307 Å². The van der Waals surface area contributed by atoms with Crippen LogP contribution in [0.4, 0.5) is 17.1 Å². The number of hydrogen-bond donors (Lipinski definition) is 0. The van der Waals surface area contributed by atoms with E-state index in [0.29, 0.717) is 0 Å². The van der Waals surface area contributed by atoms with Gasteiger partial charge in [-0.2, -0.15) is 0 Å². The standard InChI is InChI=1S/C73H47NO2/c1-3-15-48(16-4-1)49-29-38-55(39-30-49)73(54-17-5-2-6-18-54)67-26-10-7-19-61(67)62-46-37-53(47-68(62)73)50-31-40-56(41-32-50)74(57-42-33-51(34-43-57)59-22-13-24-65-63-20-8-11-27-69(63)75-71(59)65)58-44-35-52(36-45-58)60-23-14-25-66-64-21-9-12-28-70(64)76-72(60)66/h1-47H. The third-order valence-electron chi connectivity index (χ3n) is 15.8. The van der Waals surface area contributed by atoms with Crippen molar-refractivity contribution < 1.29 is 8.83 Å². The molecular weight excluding hydrogens is 923 g/mol. The maximum atomic E-state index is 6.49. The summed E-state index contributed by atoms with van der Waals surface area (Å²) in [4.78, 5) is 2.35. The molecular formula is C73H47NO2. The molecule has 2 aromatic heterocycles. The van der Waals surface area contributed by atoms with Crippen LogP contribution in [0, 0.1) is 0 Å². The van der Waals surface area contributed by atoms with Crippen LogP contribution < -0.4 is 4.90 Å². The van der Waals surface area contributed by atoms with Gasteiger partial charge in [-0.3, -0.25) is 0 Å². The van der Waals surface area contributed by atoms with Gasteiger partial charge in [-0.15, -0.1) is 0 Å². The van der Waals surface area contributed by atoms with Crippen LogP contribution in [0.2, 0.25) is 0 Å². The molecule has 0 radical (unpaired) electrons. The molecule has 0 fully saturated rings. The van der Waals surface area contributed by atoms with Crippen LogP contribution >= 0.6 is 0 Å². The van der Waals surface area contributed by atoms with Gasteiger partial charge in [0.1, 0.15) is 22.3 Å². The van der Waals surface area contributed by atoms with Crippen molar-refractivity contribution in [2.75, 3.05) is 4.90 Å². The Balaban J connectivity index is 0.835. The van der Waals surface area contributed by atoms with Crippen molar-refractivity contribution in [2.45, 2.75) is 5.41 Å². The summed E-state index contributed by atoms with van der Waals surface area (Å²) in [6.07, 6.45) is 0. The van der Waals surface area contributed by atoms with Gasteiger partial charge in [-0.1, -0.05) is 231 Å². The number of hydrogen-bond acceptors (Lipinski definition) is 3. The van der Waals surface area contributed by atoms with Crippen LogP contribution in [0.5, 0.6) is 0 Å². The Morgan fingerprint density at radius 2 is 0.645 bits per heavy atom. The third kappa shape index (κ3) is 6.90. The number of anilines is 3. The normalized spacial score (nSPS) is 13.8. The van der Waals surface area contributed by atoms with Crippen LogP contribution in [0.1, 0.15) is 22.3 Å². The van der Waals surface area contributed by atoms with E-state index in [2.05, 4.69) is 266 Å². The van der Waals surface area contributed by atoms with E-state index in [9.17, 15) is 0 Å². The van der Waals surface area contributed by atoms with Gasteiger partial charge in [0.15, 0.2) is 0 Å². The van der Waals surface area contributed by atoms with Crippen molar-refractivity contribution in [1.82, 2.24) is 0 Å². The predicted molar refractivity (Wildman–Crippen MR) is 315 cm³/mol. The molecule has 14 aromatic rings. The summed E-state index contributed by atoms with van der Waals surface area (Å²) in [7, 11) is 0. The first-order valence-electron chi connectivity index (χ1n) is 26.1. The molecule has 3 heteroatoms. The van der Waals surface area contributed by atoms with E-state index in [1.165, 1.54) is 50.1 Å². The quantitative estimate of drug-likeness (QED) is 0.144. The molecule has 1 aliphatic rings. The maximum absolute atomic E-state index is 6.49. The molecule has 0 spiro atoms. The minimum absolute atomic E-state index is 0.528. The molecule has 0 N–H and O–H groups in total. The summed E-state index contributed by atoms with van der Waals surface area (Å²) in [6.45, 7) is 0. The monoisotopic (exact) mass is 969 g/mol. The largest absolute Gasteiger partial charge is 0.455 e. The fourth-order valence-electron chi connectivity index (χ4n) is 12.3. The number of rotatable bonds is 9. The summed E-state index contributed by atoms with van der Waals surface area (Å²) < 4.78 is 13.0. The second-order valence-corrected chi connectivity index (χ2v) is 19.9. The number of fused-ring (bicyclic) bond motifs is 9. The lowest BCUT2D eigenvalue weighted by Gasteiger charge is -2.34. The summed E-state index contributed by atoms with van der Waals surface area (Å²) in [6, 6.07) is 103. The van der Waals surface area contributed by atoms with Gasteiger partial charge in [0.05, 0.1) is 5.41 Å². The lowest BCUT2D eigenvalue weighted by atomic mass is 9.67. The molecule has 1 atom stereocenters. The molecule has 0 amide bonds. The zero-order valence-electron chi connectivity index (χ0n) is 41.4. The molecule has 0 saturated carbocycles. The lowest BCUT2D eigenvalue weighted by molar-refractivity contribution is 0.669. The SMILES string of the molecule is c1ccc(-c2ccc(C3(c4ccccc4)c4ccccc4-c4ccc(-c5ccc(N(c6ccc(-c7cccc8c7oc7ccccc78)cc6)c6ccc(-c7cccc8c7oc7ccccc78)cc6)cc5)cc43)cc2)cc1. The number of furan rings is 2. The van der Waals surface area contributed by atoms with Gasteiger partial charge < -0.3 is 13.7 Å². The first-order chi connectivity index (χ1) is 37.7. The highest BCUT2D eigenvalue weighted by Gasteiger charge is 2.46. The van der Waals surface area contributed by atoms with Crippen LogP contribution in [0.15, 0.2) is 294 Å². The van der Waals surface area contributed by atoms with Gasteiger partial charge in [0, 0.05) is 49.7 Å². The molecule has 3 nitrogen and oxygen atoms in total. The lowest BCUT2D eigenvalue weighted by Crippen LogP contribution is -2.28. The van der Waals surface area contributed by atoms with Crippen molar-refractivity contribution >= 4 is 60.9 Å². The summed E-state index contributed by atoms with van der Waals surface area (Å²) >= 11 is 0. The van der Waals surface area contributed by atoms with E-state index in [1.54, 1.807) is 0 Å². The molecule has 0 bridgehead atoms. The number of nitrogens with zero attached hydrogens (tertiary/aromatic N) is 1. The smallest absolute Gasteiger partial charge is 0.143 e. The molecule has 76 heavy (non-hydrogen) atoms. The van der Waals surface area contributed by atoms with Gasteiger partial charge >= 0.3 is 0 Å². The number of para-hydroxylation sites is 4. The Labute approximate surface area is 440 Å². The van der Waals surface area contributed by atoms with Gasteiger partial charge in [0.25, 0.3) is 0 Å². The Bertz CT molecular complexity index is 4320. The average Bonchev–Trinajstić information content (AvgIpc) is 4.35. The molecule has 2 heterocycles. The molecule has 356 valence electrons. The average molecular weight is 970 g/mol. The Morgan fingerprint density at radius 3 is 1.22 bits per heavy atom. The Morgan fingerprint density at radius 1 is 0.250 bits per heavy atom. The molecule has 1 aliphatic carbocycles. The molecule has 12 aromatic carbocycles. The predicted octanol–water partition coefficient (Wildman–Crippen LogP) is 20.0. The topological polar surface area (TPSA) is 29.5 Å². The fraction of sp³-hybridized carbons (Fsp3) is 0.0137. The van der Waals surface area contributed by atoms with Crippen molar-refractivity contribution in [3.8, 4) is 55.6 Å². The Kier molecular flexibility index (Phi) is 10.1. The first-order valence-corrected chi connectivity index (χ1v) is 26.1. The minimum Gasteiger partial charge on any atom is -0.455 e. The van der Waals surface area contributed by atoms with Crippen molar-refractivity contribution in [3.63, 3.8) is 0 Å². The van der Waals surface area contributed by atoms with Gasteiger partial charge in [0.2, 0.25) is 0 Å². The molecule has 0 aliphatic heterocycles. The zero-order valence-corrected chi connectivity index (χ0v) is 41.4. The summed E-state index contributed by atoms with van der Waals surface area (Å²) in [5.74, 6) is 0. The van der Waals surface area contributed by atoms with E-state index in [-0.39, 0.29) is 0 Å². The summed E-state index contributed by atoms with van der Waals surface area (Å²) in [5, 5.41) is 4.49. The minimum atomic E-state index is -0.528. The first kappa shape index (κ1) is 43.6. The van der Waals surface area contributed by atoms with Crippen LogP contribution in [-0.4, -0.2) is 0 Å². The van der Waals surface area contributed by atoms with Gasteiger partial charge in [-0.25, -0.2) is 0 Å². The molecule has 15 rings (SSSR count). The fourth-order valence-corrected chi connectivity index (χ4v) is 12.3. The van der Waals surface area contributed by atoms with E-state index in [1.807, 2.05) is 24.3 Å². The zero-order chi connectivity index (χ0) is 50.2. The molecule has 0 saturated heterocycles. The second-order valence-electron chi connectivity index (χ2n) is 19.9. The van der Waals surface area contributed by atoms with Crippen LogP contribution in [-0.2, 0) is 5.41 Å². The van der Waals surface area contributed by atoms with Crippen molar-refractivity contribution in [2.24, 2.45) is 0 Å². The van der Waals surface area contributed by atoms with Crippen LogP contribution in [0.3, 0.4) is 0 Å². The highest BCUT2D eigenvalue weighted by atomic mass is 16.3. The number of benzene rings is 12. The third-order valence-corrected chi connectivity index (χ3v) is 15.8. The molecule has 1 unspecified atom stereocenters. The highest BCUT2D eigenvalue weighted by Crippen LogP contribution is 2.57. The highest BCUT2D eigenvalue weighted by molar-refractivity contribution is 6.11.